The second-order valence-corrected chi connectivity index (χ2v) is 5.24. The molecule has 0 aliphatic rings. The van der Waals surface area contributed by atoms with Crippen LogP contribution in [-0.2, 0) is 9.59 Å². The lowest BCUT2D eigenvalue weighted by molar-refractivity contribution is -0.133. The van der Waals surface area contributed by atoms with Crippen molar-refractivity contribution in [2.75, 3.05) is 17.7 Å². The van der Waals surface area contributed by atoms with Gasteiger partial charge in [0.1, 0.15) is 17.4 Å². The van der Waals surface area contributed by atoms with Crippen LogP contribution in [0.4, 0.5) is 20.2 Å². The average molecular weight is 355 g/mol. The molecular weight excluding hydrogens is 342 g/mol. The predicted octanol–water partition coefficient (Wildman–Crippen LogP) is 3.51. The molecule has 0 aliphatic carbocycles. The summed E-state index contributed by atoms with van der Waals surface area (Å²) < 4.78 is 31.4. The van der Waals surface area contributed by atoms with Crippen LogP contribution in [0.15, 0.2) is 30.3 Å². The summed E-state index contributed by atoms with van der Waals surface area (Å²) >= 11 is 5.96. The molecule has 0 fully saturated rings. The van der Waals surface area contributed by atoms with E-state index in [1.54, 1.807) is 6.92 Å². The highest BCUT2D eigenvalue weighted by molar-refractivity contribution is 6.43. The highest BCUT2D eigenvalue weighted by atomic mass is 35.5. The standard InChI is InChI=1S/C16H13ClF2N2O3/c1-8-5-13(14(24-2)7-10(8)17)21-16(23)15(22)20-12-4-3-9(18)6-11(12)19/h3-7H,1-2H3,(H,20,22)(H,21,23). The molecule has 0 aliphatic heterocycles. The van der Waals surface area contributed by atoms with Gasteiger partial charge in [-0.05, 0) is 30.7 Å². The van der Waals surface area contributed by atoms with E-state index >= 15 is 0 Å². The Morgan fingerprint density at radius 3 is 2.25 bits per heavy atom. The molecule has 0 aromatic heterocycles. The number of anilines is 2. The van der Waals surface area contributed by atoms with Gasteiger partial charge in [0.25, 0.3) is 0 Å². The summed E-state index contributed by atoms with van der Waals surface area (Å²) in [7, 11) is 1.38. The van der Waals surface area contributed by atoms with E-state index in [2.05, 4.69) is 10.6 Å². The minimum Gasteiger partial charge on any atom is -0.495 e. The first-order valence-corrected chi connectivity index (χ1v) is 7.11. The Labute approximate surface area is 141 Å². The molecule has 0 radical (unpaired) electrons. The second-order valence-electron chi connectivity index (χ2n) is 4.83. The fourth-order valence-corrected chi connectivity index (χ4v) is 2.03. The zero-order valence-corrected chi connectivity index (χ0v) is 13.5. The topological polar surface area (TPSA) is 67.4 Å². The lowest BCUT2D eigenvalue weighted by Crippen LogP contribution is -2.29. The molecule has 0 heterocycles. The molecule has 0 saturated heterocycles. The number of hydrogen-bond donors (Lipinski definition) is 2. The van der Waals surface area contributed by atoms with Gasteiger partial charge in [-0.1, -0.05) is 11.6 Å². The second kappa shape index (κ2) is 7.27. The van der Waals surface area contributed by atoms with Gasteiger partial charge < -0.3 is 15.4 Å². The first-order chi connectivity index (χ1) is 11.3. The van der Waals surface area contributed by atoms with Crippen molar-refractivity contribution >= 4 is 34.8 Å². The minimum absolute atomic E-state index is 0.235. The summed E-state index contributed by atoms with van der Waals surface area (Å²) in [6.07, 6.45) is 0. The van der Waals surface area contributed by atoms with Gasteiger partial charge in [0.05, 0.1) is 18.5 Å². The molecule has 0 bridgehead atoms. The minimum atomic E-state index is -1.12. The normalized spacial score (nSPS) is 10.2. The number of benzene rings is 2. The lowest BCUT2D eigenvalue weighted by atomic mass is 10.2. The summed E-state index contributed by atoms with van der Waals surface area (Å²) in [5.74, 6) is -3.68. The molecule has 2 amide bonds. The van der Waals surface area contributed by atoms with Crippen molar-refractivity contribution < 1.29 is 23.1 Å². The molecule has 8 heteroatoms. The molecule has 24 heavy (non-hydrogen) atoms. The fourth-order valence-electron chi connectivity index (χ4n) is 1.88. The van der Waals surface area contributed by atoms with Crippen molar-refractivity contribution in [3.63, 3.8) is 0 Å². The number of aryl methyl sites for hydroxylation is 1. The Bertz CT molecular complexity index is 812. The van der Waals surface area contributed by atoms with Gasteiger partial charge in [0.15, 0.2) is 0 Å². The smallest absolute Gasteiger partial charge is 0.314 e. The Kier molecular flexibility index (Phi) is 5.35. The van der Waals surface area contributed by atoms with E-state index in [1.807, 2.05) is 0 Å². The number of amides is 2. The van der Waals surface area contributed by atoms with Crippen LogP contribution in [-0.4, -0.2) is 18.9 Å². The van der Waals surface area contributed by atoms with Crippen LogP contribution in [0.25, 0.3) is 0 Å². The van der Waals surface area contributed by atoms with Gasteiger partial charge >= 0.3 is 11.8 Å². The summed E-state index contributed by atoms with van der Waals surface area (Å²) in [6, 6.07) is 5.60. The molecule has 5 nitrogen and oxygen atoms in total. The summed E-state index contributed by atoms with van der Waals surface area (Å²) in [4.78, 5) is 23.8. The fraction of sp³-hybridized carbons (Fsp3) is 0.125. The van der Waals surface area contributed by atoms with Crippen molar-refractivity contribution in [1.82, 2.24) is 0 Å². The summed E-state index contributed by atoms with van der Waals surface area (Å²) in [5.41, 5.74) is 0.590. The summed E-state index contributed by atoms with van der Waals surface area (Å²) in [5, 5.41) is 4.84. The van der Waals surface area contributed by atoms with E-state index < -0.39 is 23.4 Å². The van der Waals surface area contributed by atoms with E-state index in [-0.39, 0.29) is 17.1 Å². The number of nitrogens with one attached hydrogen (secondary N) is 2. The number of carbonyl (C=O) groups excluding carboxylic acids is 2. The third-order valence-electron chi connectivity index (χ3n) is 3.11. The van der Waals surface area contributed by atoms with Gasteiger partial charge in [-0.2, -0.15) is 0 Å². The molecule has 2 N–H and O–H groups in total. The van der Waals surface area contributed by atoms with Crippen LogP contribution in [0, 0.1) is 18.6 Å². The number of halogens is 3. The number of carbonyl (C=O) groups is 2. The molecule has 2 aromatic carbocycles. The molecule has 126 valence electrons. The maximum absolute atomic E-state index is 13.5. The molecular formula is C16H13ClF2N2O3. The molecule has 0 atom stereocenters. The number of hydrogen-bond acceptors (Lipinski definition) is 3. The van der Waals surface area contributed by atoms with Gasteiger partial charge in [0.2, 0.25) is 0 Å². The number of rotatable bonds is 3. The van der Waals surface area contributed by atoms with Gasteiger partial charge in [-0.25, -0.2) is 8.78 Å². The summed E-state index contributed by atoms with van der Waals surface area (Å²) in [6.45, 7) is 1.71. The van der Waals surface area contributed by atoms with Crippen LogP contribution < -0.4 is 15.4 Å². The predicted molar refractivity (Wildman–Crippen MR) is 86.4 cm³/mol. The lowest BCUT2D eigenvalue weighted by Gasteiger charge is -2.12. The molecule has 0 saturated carbocycles. The van der Waals surface area contributed by atoms with Crippen molar-refractivity contribution in [2.24, 2.45) is 0 Å². The quantitative estimate of drug-likeness (QED) is 0.829. The van der Waals surface area contributed by atoms with Gasteiger partial charge in [0, 0.05) is 17.2 Å². The Morgan fingerprint density at radius 1 is 1.04 bits per heavy atom. The van der Waals surface area contributed by atoms with Crippen LogP contribution in [0.2, 0.25) is 5.02 Å². The molecule has 2 aromatic rings. The van der Waals surface area contributed by atoms with E-state index in [4.69, 9.17) is 16.3 Å². The maximum Gasteiger partial charge on any atom is 0.314 e. The Hall–Kier alpha value is -2.67. The van der Waals surface area contributed by atoms with Gasteiger partial charge in [-0.15, -0.1) is 0 Å². The van der Waals surface area contributed by atoms with E-state index in [1.165, 1.54) is 19.2 Å². The van der Waals surface area contributed by atoms with Crippen molar-refractivity contribution in [2.45, 2.75) is 6.92 Å². The zero-order valence-electron chi connectivity index (χ0n) is 12.7. The van der Waals surface area contributed by atoms with Gasteiger partial charge in [-0.3, -0.25) is 9.59 Å². The Balaban J connectivity index is 2.15. The van der Waals surface area contributed by atoms with Crippen molar-refractivity contribution in [1.29, 1.82) is 0 Å². The first kappa shape index (κ1) is 17.7. The van der Waals surface area contributed by atoms with Crippen molar-refractivity contribution in [3.8, 4) is 5.75 Å². The first-order valence-electron chi connectivity index (χ1n) is 6.73. The van der Waals surface area contributed by atoms with E-state index in [0.717, 1.165) is 12.1 Å². The molecule has 0 spiro atoms. The highest BCUT2D eigenvalue weighted by Gasteiger charge is 2.18. The monoisotopic (exact) mass is 354 g/mol. The maximum atomic E-state index is 13.5. The van der Waals surface area contributed by atoms with E-state index in [0.29, 0.717) is 16.7 Å². The van der Waals surface area contributed by atoms with Crippen LogP contribution >= 0.6 is 11.6 Å². The third-order valence-corrected chi connectivity index (χ3v) is 3.52. The average Bonchev–Trinajstić information content (AvgIpc) is 2.53. The SMILES string of the molecule is COc1cc(Cl)c(C)cc1NC(=O)C(=O)Nc1ccc(F)cc1F. The Morgan fingerprint density at radius 2 is 1.67 bits per heavy atom. The van der Waals surface area contributed by atoms with Crippen LogP contribution in [0.3, 0.4) is 0 Å². The number of methoxy groups -OCH3 is 1. The van der Waals surface area contributed by atoms with E-state index in [9.17, 15) is 18.4 Å². The van der Waals surface area contributed by atoms with Crippen LogP contribution in [0.1, 0.15) is 5.56 Å². The van der Waals surface area contributed by atoms with Crippen molar-refractivity contribution in [3.05, 3.63) is 52.6 Å². The largest absolute Gasteiger partial charge is 0.495 e. The number of ether oxygens (including phenoxy) is 1. The third kappa shape index (κ3) is 3.99. The van der Waals surface area contributed by atoms with Crippen LogP contribution in [0.5, 0.6) is 5.75 Å². The zero-order chi connectivity index (χ0) is 17.9. The molecule has 2 rings (SSSR count). The highest BCUT2D eigenvalue weighted by Crippen LogP contribution is 2.30. The molecule has 0 unspecified atom stereocenters.